The van der Waals surface area contributed by atoms with E-state index in [9.17, 15) is 9.59 Å². The molecule has 0 saturated carbocycles. The number of amidine groups is 1. The van der Waals surface area contributed by atoms with Gasteiger partial charge in [0, 0.05) is 12.0 Å². The van der Waals surface area contributed by atoms with Crippen LogP contribution in [-0.2, 0) is 9.59 Å². The fraction of sp³-hybridized carbons (Fsp3) is 0.421. The number of nitrogens with zero attached hydrogens (tertiary/aromatic N) is 2. The molecule has 24 heavy (non-hydrogen) atoms. The van der Waals surface area contributed by atoms with Crippen molar-refractivity contribution >= 4 is 28.6 Å². The van der Waals surface area contributed by atoms with E-state index < -0.39 is 0 Å². The molecule has 1 amide bonds. The average Bonchev–Trinajstić information content (AvgIpc) is 2.79. The highest BCUT2D eigenvalue weighted by Gasteiger charge is 2.48. The Hall–Kier alpha value is -1.88. The van der Waals surface area contributed by atoms with Gasteiger partial charge in [0.2, 0.25) is 5.91 Å². The number of carbonyl (C=O) groups excluding carboxylic acids is 2. The van der Waals surface area contributed by atoms with E-state index in [1.165, 1.54) is 11.8 Å². The number of thioether (sulfide) groups is 1. The van der Waals surface area contributed by atoms with E-state index in [-0.39, 0.29) is 28.4 Å². The summed E-state index contributed by atoms with van der Waals surface area (Å²) in [7, 11) is 0. The lowest BCUT2D eigenvalue weighted by atomic mass is 9.73. The molecule has 1 aromatic rings. The molecule has 124 valence electrons. The van der Waals surface area contributed by atoms with Crippen molar-refractivity contribution in [2.24, 2.45) is 10.4 Å². The van der Waals surface area contributed by atoms with Crippen molar-refractivity contribution in [2.75, 3.05) is 0 Å². The number of hydrogen-bond acceptors (Lipinski definition) is 4. The summed E-state index contributed by atoms with van der Waals surface area (Å²) in [6, 6.07) is 9.51. The van der Waals surface area contributed by atoms with E-state index in [1.54, 1.807) is 4.90 Å². The Labute approximate surface area is 146 Å². The number of ketones is 1. The first kappa shape index (κ1) is 15.6. The van der Waals surface area contributed by atoms with Gasteiger partial charge in [-0.2, -0.15) is 0 Å². The molecule has 2 atom stereocenters. The van der Waals surface area contributed by atoms with Crippen molar-refractivity contribution in [1.82, 2.24) is 4.90 Å². The predicted molar refractivity (Wildman–Crippen MR) is 95.6 cm³/mol. The van der Waals surface area contributed by atoms with Crippen LogP contribution in [0.3, 0.4) is 0 Å². The van der Waals surface area contributed by atoms with E-state index in [0.29, 0.717) is 12.0 Å². The van der Waals surface area contributed by atoms with Gasteiger partial charge >= 0.3 is 0 Å². The van der Waals surface area contributed by atoms with Crippen LogP contribution in [0.2, 0.25) is 0 Å². The smallest absolute Gasteiger partial charge is 0.242 e. The monoisotopic (exact) mass is 340 g/mol. The first-order valence-electron chi connectivity index (χ1n) is 8.27. The van der Waals surface area contributed by atoms with Gasteiger partial charge in [0.15, 0.2) is 11.0 Å². The molecular formula is C19H20N2O2S. The molecule has 0 spiro atoms. The molecular weight excluding hydrogens is 320 g/mol. The first-order chi connectivity index (χ1) is 11.4. The van der Waals surface area contributed by atoms with Crippen LogP contribution < -0.4 is 0 Å². The van der Waals surface area contributed by atoms with Gasteiger partial charge < -0.3 is 0 Å². The highest BCUT2D eigenvalue weighted by molar-refractivity contribution is 8.15. The Morgan fingerprint density at radius 2 is 1.88 bits per heavy atom. The van der Waals surface area contributed by atoms with Crippen LogP contribution in [0, 0.1) is 5.41 Å². The maximum Gasteiger partial charge on any atom is 0.242 e. The van der Waals surface area contributed by atoms with Crippen molar-refractivity contribution in [3.63, 3.8) is 0 Å². The second-order valence-corrected chi connectivity index (χ2v) is 8.79. The third-order valence-electron chi connectivity index (χ3n) is 4.85. The van der Waals surface area contributed by atoms with Crippen LogP contribution in [0.4, 0.5) is 0 Å². The lowest BCUT2D eigenvalue weighted by Crippen LogP contribution is -2.42. The van der Waals surface area contributed by atoms with Crippen molar-refractivity contribution < 1.29 is 9.59 Å². The zero-order valence-corrected chi connectivity index (χ0v) is 14.9. The van der Waals surface area contributed by atoms with Crippen molar-refractivity contribution in [3.8, 4) is 0 Å². The minimum absolute atomic E-state index is 0.0387. The quantitative estimate of drug-likeness (QED) is 0.783. The summed E-state index contributed by atoms with van der Waals surface area (Å²) in [6.07, 6.45) is 1.28. The van der Waals surface area contributed by atoms with Gasteiger partial charge in [-0.05, 0) is 24.3 Å². The fourth-order valence-electron chi connectivity index (χ4n) is 3.78. The summed E-state index contributed by atoms with van der Waals surface area (Å²) in [5.74, 6) is 0.159. The molecule has 3 aliphatic rings. The van der Waals surface area contributed by atoms with Gasteiger partial charge in [0.25, 0.3) is 0 Å². The summed E-state index contributed by atoms with van der Waals surface area (Å²) in [5.41, 5.74) is 2.48. The topological polar surface area (TPSA) is 49.7 Å². The largest absolute Gasteiger partial charge is 0.294 e. The highest BCUT2D eigenvalue weighted by Crippen LogP contribution is 2.49. The summed E-state index contributed by atoms with van der Waals surface area (Å²) in [4.78, 5) is 32.1. The number of aliphatic imine (C=N–C) groups is 1. The zero-order chi connectivity index (χ0) is 17.1. The van der Waals surface area contributed by atoms with Crippen LogP contribution in [0.5, 0.6) is 0 Å². The van der Waals surface area contributed by atoms with Crippen molar-refractivity contribution in [3.05, 3.63) is 47.2 Å². The predicted octanol–water partition coefficient (Wildman–Crippen LogP) is 3.70. The molecule has 4 nitrogen and oxygen atoms in total. The summed E-state index contributed by atoms with van der Waals surface area (Å²) >= 11 is 1.49. The maximum absolute atomic E-state index is 12.9. The molecule has 1 aromatic carbocycles. The number of allylic oxidation sites excluding steroid dienone is 1. The van der Waals surface area contributed by atoms with E-state index >= 15 is 0 Å². The lowest BCUT2D eigenvalue weighted by Gasteiger charge is -2.39. The number of amides is 1. The number of rotatable bonds is 1. The molecule has 0 aromatic heterocycles. The minimum Gasteiger partial charge on any atom is -0.294 e. The third-order valence-corrected chi connectivity index (χ3v) is 5.90. The van der Waals surface area contributed by atoms with Gasteiger partial charge in [0.1, 0.15) is 0 Å². The molecule has 1 saturated heterocycles. The number of benzene rings is 1. The third kappa shape index (κ3) is 2.34. The van der Waals surface area contributed by atoms with Crippen LogP contribution in [0.1, 0.15) is 45.2 Å². The van der Waals surface area contributed by atoms with Crippen LogP contribution in [-0.4, -0.2) is 27.0 Å². The molecule has 5 heteroatoms. The van der Waals surface area contributed by atoms with E-state index in [0.717, 1.165) is 22.8 Å². The van der Waals surface area contributed by atoms with Crippen molar-refractivity contribution in [1.29, 1.82) is 0 Å². The van der Waals surface area contributed by atoms with Crippen LogP contribution in [0.25, 0.3) is 0 Å². The summed E-state index contributed by atoms with van der Waals surface area (Å²) in [5, 5.41) is 0.588. The Kier molecular flexibility index (Phi) is 3.46. The number of carbonyl (C=O) groups is 2. The second kappa shape index (κ2) is 5.31. The normalized spacial score (nSPS) is 28.6. The van der Waals surface area contributed by atoms with E-state index in [1.807, 2.05) is 37.3 Å². The summed E-state index contributed by atoms with van der Waals surface area (Å²) in [6.45, 7) is 6.11. The Balaban J connectivity index is 1.91. The Morgan fingerprint density at radius 1 is 1.17 bits per heavy atom. The molecule has 2 aliphatic heterocycles. The number of Topliss-reactive ketones (excluding diaryl/α,β-unsaturated/α-hetero) is 1. The van der Waals surface area contributed by atoms with Gasteiger partial charge in [-0.25, -0.2) is 4.99 Å². The molecule has 0 radical (unpaired) electrons. The first-order valence-corrected chi connectivity index (χ1v) is 9.15. The average molecular weight is 340 g/mol. The molecule has 1 aliphatic carbocycles. The minimum atomic E-state index is -0.331. The van der Waals surface area contributed by atoms with Gasteiger partial charge in [0.05, 0.1) is 17.0 Å². The molecule has 0 N–H and O–H groups in total. The molecule has 2 unspecified atom stereocenters. The SMILES string of the molecule is CC1SC2=NC3=C(C(=O)CC(C)(C)C3)C(c3ccccc3)N2C1=O. The molecule has 2 heterocycles. The Morgan fingerprint density at radius 3 is 2.58 bits per heavy atom. The highest BCUT2D eigenvalue weighted by atomic mass is 32.2. The van der Waals surface area contributed by atoms with Crippen LogP contribution >= 0.6 is 11.8 Å². The van der Waals surface area contributed by atoms with E-state index in [2.05, 4.69) is 13.8 Å². The standard InChI is InChI=1S/C19H20N2O2S/c1-11-17(23)21-16(12-7-5-4-6-8-12)15-13(20-18(21)24-11)9-19(2,3)10-14(15)22/h4-8,11,16H,9-10H2,1-3H3. The van der Waals surface area contributed by atoms with Gasteiger partial charge in [-0.15, -0.1) is 0 Å². The second-order valence-electron chi connectivity index (χ2n) is 7.48. The van der Waals surface area contributed by atoms with Crippen molar-refractivity contribution in [2.45, 2.75) is 44.9 Å². The van der Waals surface area contributed by atoms with Gasteiger partial charge in [-0.3, -0.25) is 14.5 Å². The van der Waals surface area contributed by atoms with Crippen LogP contribution in [0.15, 0.2) is 46.6 Å². The molecule has 0 bridgehead atoms. The summed E-state index contributed by atoms with van der Waals surface area (Å²) < 4.78 is 0. The Bertz CT molecular complexity index is 795. The number of fused-ring (bicyclic) bond motifs is 1. The zero-order valence-electron chi connectivity index (χ0n) is 14.1. The van der Waals surface area contributed by atoms with Gasteiger partial charge in [-0.1, -0.05) is 55.9 Å². The number of hydrogen-bond donors (Lipinski definition) is 0. The lowest BCUT2D eigenvalue weighted by molar-refractivity contribution is -0.127. The molecule has 4 rings (SSSR count). The fourth-order valence-corrected chi connectivity index (χ4v) is 4.78. The van der Waals surface area contributed by atoms with E-state index in [4.69, 9.17) is 4.99 Å². The molecule has 1 fully saturated rings. The maximum atomic E-state index is 12.9.